The molecule has 3 aromatic heterocycles. The zero-order valence-electron chi connectivity index (χ0n) is 20.0. The second kappa shape index (κ2) is 9.33. The van der Waals surface area contributed by atoms with Crippen LogP contribution < -0.4 is 10.1 Å². The number of carbonyl (C=O) groups is 2. The van der Waals surface area contributed by atoms with Crippen LogP contribution in [0.4, 0.5) is 10.6 Å². The summed E-state index contributed by atoms with van der Waals surface area (Å²) in [6.07, 6.45) is 6.08. The highest BCUT2D eigenvalue weighted by molar-refractivity contribution is 7.16. The lowest BCUT2D eigenvalue weighted by Gasteiger charge is -2.35. The number of thiazole rings is 1. The summed E-state index contributed by atoms with van der Waals surface area (Å²) in [7, 11) is 3.09. The van der Waals surface area contributed by atoms with Gasteiger partial charge in [0, 0.05) is 43.8 Å². The van der Waals surface area contributed by atoms with Crippen molar-refractivity contribution in [3.05, 3.63) is 23.5 Å². The molecule has 0 aromatic carbocycles. The van der Waals surface area contributed by atoms with E-state index in [4.69, 9.17) is 9.72 Å². The van der Waals surface area contributed by atoms with Gasteiger partial charge < -0.3 is 25.0 Å². The zero-order chi connectivity index (χ0) is 24.7. The molecule has 2 amide bonds. The number of anilines is 1. The van der Waals surface area contributed by atoms with Crippen molar-refractivity contribution in [2.45, 2.75) is 44.7 Å². The lowest BCUT2D eigenvalue weighted by molar-refractivity contribution is 0.0635. The number of piperidine rings is 1. The molecule has 1 aliphatic carbocycles. The molecule has 35 heavy (non-hydrogen) atoms. The predicted octanol–water partition coefficient (Wildman–Crippen LogP) is 3.29. The Kier molecular flexibility index (Phi) is 6.22. The summed E-state index contributed by atoms with van der Waals surface area (Å²) in [5.41, 5.74) is 0.949. The number of aromatic nitrogens is 4. The maximum absolute atomic E-state index is 13.7. The molecule has 0 unspecified atom stereocenters. The topological polar surface area (TPSA) is 125 Å². The molecule has 5 rings (SSSR count). The molecule has 1 atom stereocenters. The lowest BCUT2D eigenvalue weighted by Crippen LogP contribution is -2.47. The first-order valence-corrected chi connectivity index (χ1v) is 12.6. The third-order valence-corrected chi connectivity index (χ3v) is 7.83. The Morgan fingerprint density at radius 3 is 2.66 bits per heavy atom. The molecule has 2 fully saturated rings. The van der Waals surface area contributed by atoms with E-state index in [1.165, 1.54) is 36.2 Å². The van der Waals surface area contributed by atoms with Crippen LogP contribution in [0.3, 0.4) is 0 Å². The molecule has 1 saturated carbocycles. The Morgan fingerprint density at radius 1 is 1.26 bits per heavy atom. The molecule has 4 heterocycles. The van der Waals surface area contributed by atoms with Crippen LogP contribution in [0.1, 0.15) is 43.1 Å². The van der Waals surface area contributed by atoms with Gasteiger partial charge in [-0.15, -0.1) is 11.3 Å². The number of likely N-dealkylation sites (tertiary alicyclic amines) is 1. The second-order valence-corrected chi connectivity index (χ2v) is 10.1. The van der Waals surface area contributed by atoms with Crippen LogP contribution in [0.5, 0.6) is 5.75 Å². The molecular formula is C23H29N7O4S. The van der Waals surface area contributed by atoms with Crippen LogP contribution in [0, 0.1) is 5.92 Å². The van der Waals surface area contributed by atoms with Crippen LogP contribution in [-0.4, -0.2) is 85.8 Å². The molecule has 0 spiro atoms. The fourth-order valence-electron chi connectivity index (χ4n) is 4.58. The van der Waals surface area contributed by atoms with Gasteiger partial charge in [0.25, 0.3) is 5.91 Å². The number of nitrogens with zero attached hydrogens (tertiary/aromatic N) is 6. The summed E-state index contributed by atoms with van der Waals surface area (Å²) in [5, 5.41) is 19.1. The van der Waals surface area contributed by atoms with E-state index in [2.05, 4.69) is 22.3 Å². The molecule has 2 N–H and O–H groups in total. The maximum atomic E-state index is 13.7. The van der Waals surface area contributed by atoms with Crippen LogP contribution in [0.15, 0.2) is 17.8 Å². The van der Waals surface area contributed by atoms with Crippen LogP contribution in [0.25, 0.3) is 16.2 Å². The monoisotopic (exact) mass is 499 g/mol. The number of amides is 2. The molecule has 11 nitrogen and oxygen atoms in total. The first kappa shape index (κ1) is 23.3. The van der Waals surface area contributed by atoms with Gasteiger partial charge in [-0.3, -0.25) is 4.79 Å². The Balaban J connectivity index is 1.49. The second-order valence-electron chi connectivity index (χ2n) is 9.18. The highest BCUT2D eigenvalue weighted by Gasteiger charge is 2.33. The molecule has 186 valence electrons. The van der Waals surface area contributed by atoms with Gasteiger partial charge in [-0.2, -0.15) is 5.10 Å². The highest BCUT2D eigenvalue weighted by atomic mass is 32.1. The Labute approximate surface area is 206 Å². The smallest absolute Gasteiger partial charge is 0.407 e. The number of hydrogen-bond donors (Lipinski definition) is 2. The van der Waals surface area contributed by atoms with E-state index < -0.39 is 6.09 Å². The normalized spacial score (nSPS) is 17.4. The standard InChI is InChI=1S/C23H29N7O4S/c1-13(14-4-5-14)25-20-18(34-3)17(21(31)29-8-6-15(7-9-29)28(2)23(32)33)26-19(27-20)16-12-24-30-10-11-35-22(16)30/h10-15H,4-9H2,1-3H3,(H,32,33)(H,25,26,27)/t13-/m0/s1. The van der Waals surface area contributed by atoms with E-state index in [9.17, 15) is 14.7 Å². The average Bonchev–Trinajstić information content (AvgIpc) is 3.49. The van der Waals surface area contributed by atoms with Gasteiger partial charge in [-0.05, 0) is 38.5 Å². The third kappa shape index (κ3) is 4.49. The van der Waals surface area contributed by atoms with Gasteiger partial charge in [0.05, 0.1) is 18.9 Å². The molecule has 0 bridgehead atoms. The van der Waals surface area contributed by atoms with Crippen LogP contribution in [0.2, 0.25) is 0 Å². The summed E-state index contributed by atoms with van der Waals surface area (Å²) >= 11 is 1.53. The number of rotatable bonds is 7. The zero-order valence-corrected chi connectivity index (χ0v) is 20.8. The minimum absolute atomic E-state index is 0.115. The molecule has 1 saturated heterocycles. The summed E-state index contributed by atoms with van der Waals surface area (Å²) in [4.78, 5) is 38.4. The largest absolute Gasteiger partial charge is 0.491 e. The summed E-state index contributed by atoms with van der Waals surface area (Å²) in [6, 6.07) is 0.0707. The van der Waals surface area contributed by atoms with Gasteiger partial charge in [0.1, 0.15) is 4.83 Å². The maximum Gasteiger partial charge on any atom is 0.407 e. The first-order valence-electron chi connectivity index (χ1n) is 11.8. The van der Waals surface area contributed by atoms with Crippen molar-refractivity contribution < 1.29 is 19.4 Å². The predicted molar refractivity (Wildman–Crippen MR) is 131 cm³/mol. The Hall–Kier alpha value is -3.41. The number of carboxylic acid groups (broad SMARTS) is 1. The Morgan fingerprint density at radius 2 is 2.00 bits per heavy atom. The van der Waals surface area contributed by atoms with Gasteiger partial charge in [0.2, 0.25) is 0 Å². The summed E-state index contributed by atoms with van der Waals surface area (Å²) in [6.45, 7) is 2.99. The highest BCUT2D eigenvalue weighted by Crippen LogP contribution is 2.37. The van der Waals surface area contributed by atoms with Gasteiger partial charge >= 0.3 is 6.09 Å². The van der Waals surface area contributed by atoms with E-state index >= 15 is 0 Å². The van der Waals surface area contributed by atoms with Crippen LogP contribution >= 0.6 is 11.3 Å². The molecule has 12 heteroatoms. The average molecular weight is 500 g/mol. The minimum atomic E-state index is -0.960. The number of nitrogens with one attached hydrogen (secondary N) is 1. The number of hydrogen-bond acceptors (Lipinski definition) is 8. The number of methoxy groups -OCH3 is 1. The van der Waals surface area contributed by atoms with E-state index in [-0.39, 0.29) is 23.7 Å². The first-order chi connectivity index (χ1) is 16.9. The number of carbonyl (C=O) groups excluding carboxylic acids is 1. The van der Waals surface area contributed by atoms with E-state index in [1.807, 2.05) is 11.6 Å². The van der Waals surface area contributed by atoms with E-state index in [1.54, 1.807) is 22.7 Å². The van der Waals surface area contributed by atoms with Gasteiger partial charge in [-0.25, -0.2) is 19.3 Å². The fourth-order valence-corrected chi connectivity index (χ4v) is 5.37. The third-order valence-electron chi connectivity index (χ3n) is 6.94. The molecular weight excluding hydrogens is 470 g/mol. The molecule has 1 aliphatic heterocycles. The quantitative estimate of drug-likeness (QED) is 0.507. The van der Waals surface area contributed by atoms with E-state index in [0.717, 1.165) is 10.4 Å². The minimum Gasteiger partial charge on any atom is -0.491 e. The van der Waals surface area contributed by atoms with Crippen LogP contribution in [-0.2, 0) is 0 Å². The van der Waals surface area contributed by atoms with Crippen molar-refractivity contribution in [1.29, 1.82) is 0 Å². The molecule has 0 radical (unpaired) electrons. The molecule has 3 aromatic rings. The SMILES string of the molecule is COc1c(N[C@@H](C)C2CC2)nc(-c2cnn3ccsc23)nc1C(=O)N1CCC(N(C)C(=O)O)CC1. The van der Waals surface area contributed by atoms with Crippen molar-refractivity contribution in [2.24, 2.45) is 5.92 Å². The number of ether oxygens (including phenoxy) is 1. The van der Waals surface area contributed by atoms with Gasteiger partial charge in [-0.1, -0.05) is 0 Å². The van der Waals surface area contributed by atoms with Crippen molar-refractivity contribution >= 4 is 34.0 Å². The molecule has 2 aliphatic rings. The summed E-state index contributed by atoms with van der Waals surface area (Å²) in [5.74, 6) is 1.56. The summed E-state index contributed by atoms with van der Waals surface area (Å²) < 4.78 is 7.45. The van der Waals surface area contributed by atoms with Crippen molar-refractivity contribution in [1.82, 2.24) is 29.4 Å². The van der Waals surface area contributed by atoms with E-state index in [0.29, 0.717) is 49.2 Å². The van der Waals surface area contributed by atoms with Crippen molar-refractivity contribution in [3.8, 4) is 17.1 Å². The Bertz CT molecular complexity index is 1250. The number of fused-ring (bicyclic) bond motifs is 1. The van der Waals surface area contributed by atoms with Crippen molar-refractivity contribution in [3.63, 3.8) is 0 Å². The van der Waals surface area contributed by atoms with Gasteiger partial charge in [0.15, 0.2) is 23.1 Å². The fraction of sp³-hybridized carbons (Fsp3) is 0.522. The lowest BCUT2D eigenvalue weighted by atomic mass is 10.0. The van der Waals surface area contributed by atoms with Crippen molar-refractivity contribution in [2.75, 3.05) is 32.6 Å².